The van der Waals surface area contributed by atoms with Crippen LogP contribution in [-0.4, -0.2) is 12.6 Å². The molecule has 0 aliphatic carbocycles. The van der Waals surface area contributed by atoms with Gasteiger partial charge in [-0.2, -0.15) is 0 Å². The van der Waals surface area contributed by atoms with Crippen molar-refractivity contribution in [1.82, 2.24) is 0 Å². The molecule has 0 aliphatic rings. The molecule has 104 valence electrons. The predicted molar refractivity (Wildman–Crippen MR) is 81.5 cm³/mol. The SMILES string of the molecule is COP(=O)(C(=O)c1c(Cl)cccc1Cl)c1ccccc1. The molecule has 0 fully saturated rings. The summed E-state index contributed by atoms with van der Waals surface area (Å²) in [6.07, 6.45) is 0. The summed E-state index contributed by atoms with van der Waals surface area (Å²) >= 11 is 12.0. The zero-order valence-electron chi connectivity index (χ0n) is 10.5. The predicted octanol–water partition coefficient (Wildman–Crippen LogP) is 4.38. The molecule has 0 bridgehead atoms. The quantitative estimate of drug-likeness (QED) is 0.782. The molecule has 0 spiro atoms. The Kier molecular flexibility index (Phi) is 4.66. The molecule has 0 saturated heterocycles. The third kappa shape index (κ3) is 2.68. The highest BCUT2D eigenvalue weighted by Crippen LogP contribution is 2.50. The van der Waals surface area contributed by atoms with Gasteiger partial charge >= 0.3 is 7.37 Å². The lowest BCUT2D eigenvalue weighted by Gasteiger charge is -2.16. The third-order valence-electron chi connectivity index (χ3n) is 2.80. The molecule has 20 heavy (non-hydrogen) atoms. The topological polar surface area (TPSA) is 43.4 Å². The molecule has 0 aromatic heterocycles. The van der Waals surface area contributed by atoms with Crippen LogP contribution in [0.25, 0.3) is 0 Å². The molecule has 3 nitrogen and oxygen atoms in total. The highest BCUT2D eigenvalue weighted by Gasteiger charge is 2.37. The minimum atomic E-state index is -3.73. The summed E-state index contributed by atoms with van der Waals surface area (Å²) < 4.78 is 17.9. The van der Waals surface area contributed by atoms with Gasteiger partial charge < -0.3 is 4.52 Å². The second-order valence-electron chi connectivity index (χ2n) is 3.97. The van der Waals surface area contributed by atoms with Crippen LogP contribution in [-0.2, 0) is 9.09 Å². The summed E-state index contributed by atoms with van der Waals surface area (Å²) in [5.74, 6) is 0. The first-order chi connectivity index (χ1) is 9.50. The van der Waals surface area contributed by atoms with Gasteiger partial charge in [-0.1, -0.05) is 47.5 Å². The summed E-state index contributed by atoms with van der Waals surface area (Å²) in [5, 5.41) is 0.606. The maximum absolute atomic E-state index is 12.9. The number of carbonyl (C=O) groups excluding carboxylic acids is 1. The Hall–Kier alpha value is -1.12. The lowest BCUT2D eigenvalue weighted by molar-refractivity contribution is 0.106. The van der Waals surface area contributed by atoms with Crippen LogP contribution >= 0.6 is 30.6 Å². The molecule has 0 heterocycles. The summed E-state index contributed by atoms with van der Waals surface area (Å²) in [5.41, 5.74) is -0.688. The molecule has 1 unspecified atom stereocenters. The van der Waals surface area contributed by atoms with Crippen LogP contribution in [0.15, 0.2) is 48.5 Å². The number of carbonyl (C=O) groups is 1. The molecule has 6 heteroatoms. The molecule has 2 aromatic carbocycles. The van der Waals surface area contributed by atoms with Crippen LogP contribution in [0.5, 0.6) is 0 Å². The van der Waals surface area contributed by atoms with E-state index in [2.05, 4.69) is 0 Å². The summed E-state index contributed by atoms with van der Waals surface area (Å²) in [6.45, 7) is 0. The number of halogens is 2. The van der Waals surface area contributed by atoms with Crippen LogP contribution < -0.4 is 5.30 Å². The van der Waals surface area contributed by atoms with E-state index in [-0.39, 0.29) is 15.6 Å². The number of rotatable bonds is 4. The van der Waals surface area contributed by atoms with Crippen molar-refractivity contribution in [3.05, 3.63) is 64.1 Å². The molecule has 0 aliphatic heterocycles. The Bertz CT molecular complexity index is 666. The van der Waals surface area contributed by atoms with Gasteiger partial charge in [-0.25, -0.2) is 0 Å². The van der Waals surface area contributed by atoms with Crippen molar-refractivity contribution in [1.29, 1.82) is 0 Å². The van der Waals surface area contributed by atoms with E-state index in [0.29, 0.717) is 5.30 Å². The van der Waals surface area contributed by atoms with Gasteiger partial charge in [0.1, 0.15) is 0 Å². The highest BCUT2D eigenvalue weighted by atomic mass is 35.5. The average molecular weight is 329 g/mol. The first-order valence-electron chi connectivity index (χ1n) is 5.71. The molecular weight excluding hydrogens is 318 g/mol. The zero-order chi connectivity index (χ0) is 14.8. The zero-order valence-corrected chi connectivity index (χ0v) is 13.0. The van der Waals surface area contributed by atoms with Gasteiger partial charge in [0, 0.05) is 12.4 Å². The van der Waals surface area contributed by atoms with Gasteiger partial charge in [0.15, 0.2) is 0 Å². The fourth-order valence-electron chi connectivity index (χ4n) is 1.78. The second kappa shape index (κ2) is 6.11. The first-order valence-corrected chi connectivity index (χ1v) is 8.09. The summed E-state index contributed by atoms with van der Waals surface area (Å²) in [7, 11) is -2.49. The highest BCUT2D eigenvalue weighted by molar-refractivity contribution is 7.83. The Morgan fingerprint density at radius 3 is 2.05 bits per heavy atom. The van der Waals surface area contributed by atoms with Crippen LogP contribution in [0.1, 0.15) is 10.4 Å². The monoisotopic (exact) mass is 328 g/mol. The third-order valence-corrected chi connectivity index (χ3v) is 5.68. The molecule has 0 radical (unpaired) electrons. The van der Waals surface area contributed by atoms with Crippen LogP contribution in [0, 0.1) is 0 Å². The Morgan fingerprint density at radius 2 is 1.55 bits per heavy atom. The van der Waals surface area contributed by atoms with Gasteiger partial charge in [-0.05, 0) is 24.3 Å². The van der Waals surface area contributed by atoms with E-state index in [1.165, 1.54) is 19.2 Å². The van der Waals surface area contributed by atoms with Crippen LogP contribution in [0.3, 0.4) is 0 Å². The molecule has 0 amide bonds. The van der Waals surface area contributed by atoms with Crippen LogP contribution in [0.2, 0.25) is 10.0 Å². The van der Waals surface area contributed by atoms with Crippen molar-refractivity contribution in [3.63, 3.8) is 0 Å². The molecule has 2 aromatic rings. The van der Waals surface area contributed by atoms with E-state index in [4.69, 9.17) is 27.7 Å². The fourth-order valence-corrected chi connectivity index (χ4v) is 4.19. The Balaban J connectivity index is 2.59. The van der Waals surface area contributed by atoms with Crippen molar-refractivity contribution in [2.75, 3.05) is 7.11 Å². The molecule has 0 saturated carbocycles. The number of benzene rings is 2. The lowest BCUT2D eigenvalue weighted by Crippen LogP contribution is -2.15. The van der Waals surface area contributed by atoms with Gasteiger partial charge in [0.05, 0.1) is 15.6 Å². The van der Waals surface area contributed by atoms with E-state index < -0.39 is 12.9 Å². The van der Waals surface area contributed by atoms with E-state index >= 15 is 0 Å². The van der Waals surface area contributed by atoms with E-state index in [1.807, 2.05) is 0 Å². The van der Waals surface area contributed by atoms with Crippen molar-refractivity contribution in [2.24, 2.45) is 0 Å². The number of hydrogen-bond acceptors (Lipinski definition) is 3. The van der Waals surface area contributed by atoms with E-state index in [9.17, 15) is 9.36 Å². The summed E-state index contributed by atoms with van der Waals surface area (Å²) in [4.78, 5) is 12.6. The van der Waals surface area contributed by atoms with Gasteiger partial charge in [0.2, 0.25) is 0 Å². The van der Waals surface area contributed by atoms with Crippen molar-refractivity contribution >= 4 is 41.4 Å². The van der Waals surface area contributed by atoms with Crippen molar-refractivity contribution < 1.29 is 13.9 Å². The second-order valence-corrected chi connectivity index (χ2v) is 7.18. The minimum absolute atomic E-state index is 0.0184. The van der Waals surface area contributed by atoms with Crippen molar-refractivity contribution in [2.45, 2.75) is 0 Å². The van der Waals surface area contributed by atoms with Crippen LogP contribution in [0.4, 0.5) is 0 Å². The Morgan fingerprint density at radius 1 is 1.00 bits per heavy atom. The number of hydrogen-bond donors (Lipinski definition) is 0. The normalized spacial score (nSPS) is 13.8. The van der Waals surface area contributed by atoms with E-state index in [0.717, 1.165) is 0 Å². The minimum Gasteiger partial charge on any atom is -0.323 e. The Labute approximate surface area is 126 Å². The van der Waals surface area contributed by atoms with Crippen molar-refractivity contribution in [3.8, 4) is 0 Å². The van der Waals surface area contributed by atoms with Gasteiger partial charge in [-0.3, -0.25) is 9.36 Å². The van der Waals surface area contributed by atoms with Gasteiger partial charge in [0.25, 0.3) is 5.52 Å². The molecular formula is C14H11Cl2O3P. The fraction of sp³-hybridized carbons (Fsp3) is 0.0714. The molecule has 2 rings (SSSR count). The maximum Gasteiger partial charge on any atom is 0.300 e. The summed E-state index contributed by atoms with van der Waals surface area (Å²) in [6, 6.07) is 12.9. The smallest absolute Gasteiger partial charge is 0.300 e. The average Bonchev–Trinajstić information content (AvgIpc) is 2.47. The largest absolute Gasteiger partial charge is 0.323 e. The molecule has 1 atom stereocenters. The standard InChI is InChI=1S/C14H11Cl2O3P/c1-19-20(18,10-6-3-2-4-7-10)14(17)13-11(15)8-5-9-12(13)16/h2-9H,1H3. The lowest BCUT2D eigenvalue weighted by atomic mass is 10.2. The van der Waals surface area contributed by atoms with E-state index in [1.54, 1.807) is 36.4 Å². The van der Waals surface area contributed by atoms with Gasteiger partial charge in [-0.15, -0.1) is 0 Å². The first kappa shape index (κ1) is 15.3. The molecule has 0 N–H and O–H groups in total. The maximum atomic E-state index is 12.9.